The second-order valence-electron chi connectivity index (χ2n) is 6.10. The Hall–Kier alpha value is -1.10. The summed E-state index contributed by atoms with van der Waals surface area (Å²) in [5, 5.41) is 2.40. The molecular formula is C15H27N3OS. The van der Waals surface area contributed by atoms with Crippen LogP contribution in [0.4, 0.5) is 5.13 Å². The summed E-state index contributed by atoms with van der Waals surface area (Å²) >= 11 is 1.39. The molecule has 1 aromatic rings. The Kier molecular flexibility index (Phi) is 6.99. The first-order chi connectivity index (χ1) is 9.38. The molecule has 0 atom stereocenters. The number of hydrogen-bond donors (Lipinski definition) is 1. The predicted molar refractivity (Wildman–Crippen MR) is 85.7 cm³/mol. The highest BCUT2D eigenvalue weighted by atomic mass is 32.1. The van der Waals surface area contributed by atoms with Crippen molar-refractivity contribution in [3.63, 3.8) is 0 Å². The Morgan fingerprint density at radius 2 is 1.80 bits per heavy atom. The van der Waals surface area contributed by atoms with Gasteiger partial charge in [0, 0.05) is 18.5 Å². The maximum Gasteiger partial charge on any atom is 0.228 e. The van der Waals surface area contributed by atoms with Crippen LogP contribution in [0.1, 0.15) is 46.2 Å². The maximum atomic E-state index is 12.4. The molecule has 0 aliphatic heterocycles. The van der Waals surface area contributed by atoms with Gasteiger partial charge in [0.2, 0.25) is 5.91 Å². The first-order valence-corrected chi connectivity index (χ1v) is 8.24. The third kappa shape index (κ3) is 6.37. The molecule has 0 radical (unpaired) electrons. The van der Waals surface area contributed by atoms with E-state index in [4.69, 9.17) is 5.73 Å². The van der Waals surface area contributed by atoms with Crippen LogP contribution in [-0.4, -0.2) is 28.9 Å². The fraction of sp³-hybridized carbons (Fsp3) is 0.733. The molecule has 0 saturated carbocycles. The van der Waals surface area contributed by atoms with Crippen molar-refractivity contribution in [2.75, 3.05) is 18.8 Å². The predicted octanol–water partition coefficient (Wildman–Crippen LogP) is 3.19. The van der Waals surface area contributed by atoms with Crippen molar-refractivity contribution in [3.8, 4) is 0 Å². The van der Waals surface area contributed by atoms with Crippen LogP contribution in [0.5, 0.6) is 0 Å². The van der Waals surface area contributed by atoms with E-state index in [2.05, 4.69) is 32.7 Å². The number of nitrogens with two attached hydrogens (primary N) is 1. The van der Waals surface area contributed by atoms with Crippen molar-refractivity contribution in [2.24, 2.45) is 11.8 Å². The fourth-order valence-electron chi connectivity index (χ4n) is 1.86. The van der Waals surface area contributed by atoms with Gasteiger partial charge in [-0.2, -0.15) is 0 Å². The lowest BCUT2D eigenvalue weighted by Gasteiger charge is -2.24. The zero-order valence-corrected chi connectivity index (χ0v) is 13.9. The van der Waals surface area contributed by atoms with Crippen molar-refractivity contribution in [3.05, 3.63) is 11.1 Å². The van der Waals surface area contributed by atoms with Gasteiger partial charge in [-0.05, 0) is 24.7 Å². The molecule has 0 spiro atoms. The lowest BCUT2D eigenvalue weighted by atomic mass is 10.1. The summed E-state index contributed by atoms with van der Waals surface area (Å²) in [7, 11) is 0. The van der Waals surface area contributed by atoms with Gasteiger partial charge in [-0.3, -0.25) is 4.79 Å². The number of nitrogen functional groups attached to an aromatic ring is 1. The molecule has 5 heteroatoms. The molecule has 1 aromatic heterocycles. The largest absolute Gasteiger partial charge is 0.375 e. The topological polar surface area (TPSA) is 59.2 Å². The van der Waals surface area contributed by atoms with Gasteiger partial charge in [0.05, 0.1) is 12.1 Å². The van der Waals surface area contributed by atoms with Crippen LogP contribution in [-0.2, 0) is 11.2 Å². The van der Waals surface area contributed by atoms with E-state index in [9.17, 15) is 4.79 Å². The Morgan fingerprint density at radius 1 is 1.25 bits per heavy atom. The first-order valence-electron chi connectivity index (χ1n) is 7.36. The zero-order chi connectivity index (χ0) is 15.1. The third-order valence-corrected chi connectivity index (χ3v) is 3.93. The lowest BCUT2D eigenvalue weighted by molar-refractivity contribution is -0.130. The van der Waals surface area contributed by atoms with Crippen LogP contribution in [0.15, 0.2) is 5.38 Å². The molecule has 0 aromatic carbocycles. The van der Waals surface area contributed by atoms with Crippen LogP contribution in [0.2, 0.25) is 0 Å². The van der Waals surface area contributed by atoms with Gasteiger partial charge >= 0.3 is 0 Å². The number of rotatable bonds is 8. The Balaban J connectivity index is 2.57. The van der Waals surface area contributed by atoms with Crippen molar-refractivity contribution < 1.29 is 4.79 Å². The summed E-state index contributed by atoms with van der Waals surface area (Å²) in [6.07, 6.45) is 2.45. The molecule has 0 bridgehead atoms. The quantitative estimate of drug-likeness (QED) is 0.801. The van der Waals surface area contributed by atoms with E-state index in [0.717, 1.165) is 31.6 Å². The van der Waals surface area contributed by atoms with Gasteiger partial charge < -0.3 is 10.6 Å². The van der Waals surface area contributed by atoms with Gasteiger partial charge in [0.15, 0.2) is 5.13 Å². The molecule has 114 valence electrons. The summed E-state index contributed by atoms with van der Waals surface area (Å²) in [5.74, 6) is 1.38. The summed E-state index contributed by atoms with van der Waals surface area (Å²) in [4.78, 5) is 18.6. The van der Waals surface area contributed by atoms with E-state index in [0.29, 0.717) is 23.4 Å². The smallest absolute Gasteiger partial charge is 0.228 e. The Morgan fingerprint density at radius 3 is 2.20 bits per heavy atom. The average molecular weight is 297 g/mol. The van der Waals surface area contributed by atoms with Crippen molar-refractivity contribution in [2.45, 2.75) is 47.0 Å². The normalized spacial score (nSPS) is 11.3. The van der Waals surface area contributed by atoms with Gasteiger partial charge in [0.1, 0.15) is 0 Å². The minimum atomic E-state index is 0.164. The number of nitrogens with zero attached hydrogens (tertiary/aromatic N) is 2. The van der Waals surface area contributed by atoms with Gasteiger partial charge in [-0.15, -0.1) is 11.3 Å². The zero-order valence-electron chi connectivity index (χ0n) is 13.1. The molecule has 0 aliphatic carbocycles. The summed E-state index contributed by atoms with van der Waals surface area (Å²) in [5.41, 5.74) is 6.40. The molecule has 2 N–H and O–H groups in total. The average Bonchev–Trinajstić information content (AvgIpc) is 2.73. The third-order valence-electron chi connectivity index (χ3n) is 3.21. The lowest BCUT2D eigenvalue weighted by Crippen LogP contribution is -2.35. The molecule has 0 saturated heterocycles. The standard InChI is InChI=1S/C15H27N3OS/c1-11(2)5-7-18(8-6-12(3)4)14(19)9-13-10-20-15(16)17-13/h10-12H,5-9H2,1-4H3,(H2,16,17). The van der Waals surface area contributed by atoms with Gasteiger partial charge in [0.25, 0.3) is 0 Å². The van der Waals surface area contributed by atoms with E-state index in [1.54, 1.807) is 0 Å². The number of carbonyl (C=O) groups excluding carboxylic acids is 1. The van der Waals surface area contributed by atoms with Crippen LogP contribution in [0.25, 0.3) is 0 Å². The Bertz CT molecular complexity index is 403. The van der Waals surface area contributed by atoms with Gasteiger partial charge in [-0.25, -0.2) is 4.98 Å². The minimum absolute atomic E-state index is 0.164. The highest BCUT2D eigenvalue weighted by Gasteiger charge is 2.16. The molecule has 1 heterocycles. The summed E-state index contributed by atoms with van der Waals surface area (Å²) in [6, 6.07) is 0. The highest BCUT2D eigenvalue weighted by molar-refractivity contribution is 7.13. The maximum absolute atomic E-state index is 12.4. The SMILES string of the molecule is CC(C)CCN(CCC(C)C)C(=O)Cc1csc(N)n1. The molecule has 1 rings (SSSR count). The van der Waals surface area contributed by atoms with E-state index in [1.807, 2.05) is 10.3 Å². The number of anilines is 1. The molecule has 1 amide bonds. The molecular weight excluding hydrogens is 270 g/mol. The van der Waals surface area contributed by atoms with Crippen LogP contribution in [0.3, 0.4) is 0 Å². The van der Waals surface area contributed by atoms with E-state index in [1.165, 1.54) is 11.3 Å². The molecule has 0 fully saturated rings. The monoisotopic (exact) mass is 297 g/mol. The second kappa shape index (κ2) is 8.25. The number of hydrogen-bond acceptors (Lipinski definition) is 4. The van der Waals surface area contributed by atoms with Crippen molar-refractivity contribution in [1.29, 1.82) is 0 Å². The number of amides is 1. The molecule has 0 aliphatic rings. The molecule has 4 nitrogen and oxygen atoms in total. The van der Waals surface area contributed by atoms with Gasteiger partial charge in [-0.1, -0.05) is 27.7 Å². The highest BCUT2D eigenvalue weighted by Crippen LogP contribution is 2.14. The van der Waals surface area contributed by atoms with Crippen LogP contribution in [0, 0.1) is 11.8 Å². The second-order valence-corrected chi connectivity index (χ2v) is 6.99. The number of thiazole rings is 1. The van der Waals surface area contributed by atoms with E-state index in [-0.39, 0.29) is 5.91 Å². The summed E-state index contributed by atoms with van der Waals surface area (Å²) in [6.45, 7) is 10.4. The summed E-state index contributed by atoms with van der Waals surface area (Å²) < 4.78 is 0. The number of aromatic nitrogens is 1. The van der Waals surface area contributed by atoms with Crippen molar-refractivity contribution >= 4 is 22.4 Å². The van der Waals surface area contributed by atoms with E-state index < -0.39 is 0 Å². The number of carbonyl (C=O) groups is 1. The molecule has 0 unspecified atom stereocenters. The molecule has 20 heavy (non-hydrogen) atoms. The van der Waals surface area contributed by atoms with Crippen molar-refractivity contribution in [1.82, 2.24) is 9.88 Å². The fourth-order valence-corrected chi connectivity index (χ4v) is 2.42. The minimum Gasteiger partial charge on any atom is -0.375 e. The van der Waals surface area contributed by atoms with Crippen LogP contribution < -0.4 is 5.73 Å². The Labute approximate surface area is 126 Å². The van der Waals surface area contributed by atoms with Crippen LogP contribution >= 0.6 is 11.3 Å². The van der Waals surface area contributed by atoms with E-state index >= 15 is 0 Å². The first kappa shape index (κ1) is 17.0.